The van der Waals surface area contributed by atoms with E-state index in [2.05, 4.69) is 56.9 Å². The zero-order chi connectivity index (χ0) is 15.5. The van der Waals surface area contributed by atoms with Gasteiger partial charge in [-0.2, -0.15) is 11.8 Å². The Morgan fingerprint density at radius 3 is 2.38 bits per heavy atom. The first-order valence-electron chi connectivity index (χ1n) is 8.01. The molecular weight excluding hydrogens is 278 g/mol. The van der Waals surface area contributed by atoms with E-state index in [0.717, 1.165) is 43.8 Å². The highest BCUT2D eigenvalue weighted by atomic mass is 32.2. The summed E-state index contributed by atoms with van der Waals surface area (Å²) >= 11 is 1.95. The average molecular weight is 308 g/mol. The second-order valence-corrected chi connectivity index (χ2v) is 8.83. The molecule has 0 aromatic heterocycles. The number of nitrogens with zero attached hydrogens (tertiary/aromatic N) is 1. The summed E-state index contributed by atoms with van der Waals surface area (Å²) < 4.78 is 0.251. The fourth-order valence-corrected chi connectivity index (χ4v) is 3.74. The van der Waals surface area contributed by atoms with Crippen LogP contribution in [-0.4, -0.2) is 34.4 Å². The maximum absolute atomic E-state index is 11.1. The van der Waals surface area contributed by atoms with Gasteiger partial charge in [0, 0.05) is 23.6 Å². The van der Waals surface area contributed by atoms with Crippen LogP contribution in [0.2, 0.25) is 0 Å². The summed E-state index contributed by atoms with van der Waals surface area (Å²) in [7, 11) is 0. The maximum atomic E-state index is 11.1. The first kappa shape index (κ1) is 16.9. The van der Waals surface area contributed by atoms with Gasteiger partial charge in [-0.25, -0.2) is 0 Å². The molecule has 1 aromatic carbocycles. The molecule has 0 saturated carbocycles. The van der Waals surface area contributed by atoms with Gasteiger partial charge in [0.05, 0.1) is 5.60 Å². The predicted molar refractivity (Wildman–Crippen MR) is 92.7 cm³/mol. The van der Waals surface area contributed by atoms with Crippen molar-refractivity contribution >= 4 is 11.8 Å². The summed E-state index contributed by atoms with van der Waals surface area (Å²) in [6.07, 6.45) is 1.69. The third-order valence-corrected chi connectivity index (χ3v) is 5.63. The molecule has 1 aliphatic heterocycles. The molecule has 0 bridgehead atoms. The molecule has 1 heterocycles. The maximum Gasteiger partial charge on any atom is 0.0923 e. The minimum absolute atomic E-state index is 0.251. The number of likely N-dealkylation sites (tertiary alicyclic amines) is 1. The first-order valence-corrected chi connectivity index (χ1v) is 9.00. The number of aliphatic hydroxyl groups is 1. The molecule has 118 valence electrons. The lowest BCUT2D eigenvalue weighted by molar-refractivity contribution is -0.0252. The molecule has 1 aromatic rings. The fraction of sp³-hybridized carbons (Fsp3) is 0.667. The molecule has 0 spiro atoms. The number of piperidine rings is 1. The molecule has 0 unspecified atom stereocenters. The molecule has 1 saturated heterocycles. The quantitative estimate of drug-likeness (QED) is 0.909. The van der Waals surface area contributed by atoms with Gasteiger partial charge >= 0.3 is 0 Å². The summed E-state index contributed by atoms with van der Waals surface area (Å²) in [5, 5.41) is 11.1. The molecule has 1 aliphatic rings. The van der Waals surface area contributed by atoms with Gasteiger partial charge in [0.1, 0.15) is 0 Å². The molecule has 2 rings (SSSR count). The van der Waals surface area contributed by atoms with E-state index in [1.165, 1.54) is 5.56 Å². The Balaban J connectivity index is 2.16. The SMILES string of the molecule is CCN1CCC(O)(c2ccccc2CSC(C)(C)C)CC1. The Labute approximate surface area is 133 Å². The van der Waals surface area contributed by atoms with Crippen LogP contribution in [0.1, 0.15) is 51.7 Å². The van der Waals surface area contributed by atoms with Crippen molar-refractivity contribution in [1.29, 1.82) is 0 Å². The van der Waals surface area contributed by atoms with E-state index < -0.39 is 5.60 Å². The van der Waals surface area contributed by atoms with E-state index in [-0.39, 0.29) is 4.75 Å². The van der Waals surface area contributed by atoms with Crippen molar-refractivity contribution < 1.29 is 5.11 Å². The van der Waals surface area contributed by atoms with Gasteiger partial charge in [-0.1, -0.05) is 52.0 Å². The first-order chi connectivity index (χ1) is 9.84. The highest BCUT2D eigenvalue weighted by Gasteiger charge is 2.35. The monoisotopic (exact) mass is 307 g/mol. The van der Waals surface area contributed by atoms with E-state index in [0.29, 0.717) is 0 Å². The second-order valence-electron chi connectivity index (χ2n) is 7.02. The minimum atomic E-state index is -0.638. The lowest BCUT2D eigenvalue weighted by atomic mass is 9.82. The minimum Gasteiger partial charge on any atom is -0.385 e. The lowest BCUT2D eigenvalue weighted by Crippen LogP contribution is -2.42. The van der Waals surface area contributed by atoms with Gasteiger partial charge in [-0.15, -0.1) is 0 Å². The Hall–Kier alpha value is -0.510. The van der Waals surface area contributed by atoms with E-state index in [1.54, 1.807) is 0 Å². The third-order valence-electron chi connectivity index (χ3n) is 4.31. The Morgan fingerprint density at radius 2 is 1.81 bits per heavy atom. The van der Waals surface area contributed by atoms with Gasteiger partial charge in [0.15, 0.2) is 0 Å². The molecule has 0 aliphatic carbocycles. The number of hydrogen-bond acceptors (Lipinski definition) is 3. The highest BCUT2D eigenvalue weighted by molar-refractivity contribution is 7.99. The van der Waals surface area contributed by atoms with Gasteiger partial charge in [-0.3, -0.25) is 0 Å². The second kappa shape index (κ2) is 6.72. The number of benzene rings is 1. The van der Waals surface area contributed by atoms with Crippen LogP contribution in [0.4, 0.5) is 0 Å². The Morgan fingerprint density at radius 1 is 1.19 bits per heavy atom. The van der Waals surface area contributed by atoms with E-state index in [1.807, 2.05) is 11.8 Å². The van der Waals surface area contributed by atoms with E-state index in [4.69, 9.17) is 0 Å². The van der Waals surface area contributed by atoms with Crippen molar-refractivity contribution in [2.75, 3.05) is 19.6 Å². The van der Waals surface area contributed by atoms with Crippen molar-refractivity contribution in [3.05, 3.63) is 35.4 Å². The predicted octanol–water partition coefficient (Wildman–Crippen LogP) is 4.02. The smallest absolute Gasteiger partial charge is 0.0923 e. The van der Waals surface area contributed by atoms with Gasteiger partial charge in [-0.05, 0) is 30.5 Å². The molecule has 21 heavy (non-hydrogen) atoms. The summed E-state index contributed by atoms with van der Waals surface area (Å²) in [5.41, 5.74) is 1.81. The van der Waals surface area contributed by atoms with Crippen molar-refractivity contribution in [2.45, 2.75) is 56.6 Å². The Bertz CT molecular complexity index is 459. The summed E-state index contributed by atoms with van der Waals surface area (Å²) in [6, 6.07) is 8.45. The zero-order valence-corrected chi connectivity index (χ0v) is 14.7. The molecule has 0 atom stereocenters. The summed E-state index contributed by atoms with van der Waals surface area (Å²) in [4.78, 5) is 2.42. The fourth-order valence-electron chi connectivity index (χ4n) is 2.90. The third kappa shape index (κ3) is 4.48. The van der Waals surface area contributed by atoms with Crippen LogP contribution in [0.25, 0.3) is 0 Å². The van der Waals surface area contributed by atoms with Crippen LogP contribution >= 0.6 is 11.8 Å². The zero-order valence-electron chi connectivity index (χ0n) is 13.9. The number of hydrogen-bond donors (Lipinski definition) is 1. The van der Waals surface area contributed by atoms with Crippen molar-refractivity contribution in [1.82, 2.24) is 4.90 Å². The highest BCUT2D eigenvalue weighted by Crippen LogP contribution is 2.37. The van der Waals surface area contributed by atoms with Crippen LogP contribution in [0, 0.1) is 0 Å². The standard InChI is InChI=1S/C18H29NOS/c1-5-19-12-10-18(20,11-13-19)16-9-7-6-8-15(16)14-21-17(2,3)4/h6-9,20H,5,10-14H2,1-4H3. The van der Waals surface area contributed by atoms with Gasteiger partial charge in [0.25, 0.3) is 0 Å². The molecular formula is C18H29NOS. The van der Waals surface area contributed by atoms with Crippen LogP contribution in [0.15, 0.2) is 24.3 Å². The van der Waals surface area contributed by atoms with Crippen LogP contribution in [0.3, 0.4) is 0 Å². The van der Waals surface area contributed by atoms with Crippen LogP contribution in [-0.2, 0) is 11.4 Å². The molecule has 1 N–H and O–H groups in total. The average Bonchev–Trinajstić information content (AvgIpc) is 2.45. The van der Waals surface area contributed by atoms with Crippen molar-refractivity contribution in [3.8, 4) is 0 Å². The lowest BCUT2D eigenvalue weighted by Gasteiger charge is -2.39. The van der Waals surface area contributed by atoms with Crippen LogP contribution in [0.5, 0.6) is 0 Å². The molecule has 2 nitrogen and oxygen atoms in total. The van der Waals surface area contributed by atoms with Crippen molar-refractivity contribution in [2.24, 2.45) is 0 Å². The number of rotatable bonds is 4. The summed E-state index contributed by atoms with van der Waals surface area (Å²) in [5.74, 6) is 0.972. The topological polar surface area (TPSA) is 23.5 Å². The molecule has 0 radical (unpaired) electrons. The molecule has 1 fully saturated rings. The summed E-state index contributed by atoms with van der Waals surface area (Å²) in [6.45, 7) is 12.0. The Kier molecular flexibility index (Phi) is 5.39. The largest absolute Gasteiger partial charge is 0.385 e. The van der Waals surface area contributed by atoms with E-state index in [9.17, 15) is 5.11 Å². The normalized spacial score (nSPS) is 19.7. The molecule has 0 amide bonds. The van der Waals surface area contributed by atoms with Crippen molar-refractivity contribution in [3.63, 3.8) is 0 Å². The number of thioether (sulfide) groups is 1. The van der Waals surface area contributed by atoms with Gasteiger partial charge in [0.2, 0.25) is 0 Å². The molecule has 3 heteroatoms. The van der Waals surface area contributed by atoms with E-state index >= 15 is 0 Å². The van der Waals surface area contributed by atoms with Gasteiger partial charge < -0.3 is 10.0 Å². The van der Waals surface area contributed by atoms with Crippen LogP contribution < -0.4 is 0 Å².